The van der Waals surface area contributed by atoms with Crippen LogP contribution in [0.3, 0.4) is 0 Å². The molecular weight excluding hydrogens is 417 g/mol. The van der Waals surface area contributed by atoms with Crippen molar-refractivity contribution in [2.24, 2.45) is 0 Å². The number of benzene rings is 2. The molecule has 0 fully saturated rings. The summed E-state index contributed by atoms with van der Waals surface area (Å²) in [5.74, 6) is 1.53. The Kier molecular flexibility index (Phi) is 7.08. The van der Waals surface area contributed by atoms with Crippen LogP contribution in [-0.2, 0) is 17.9 Å². The van der Waals surface area contributed by atoms with Crippen LogP contribution in [0.1, 0.15) is 37.6 Å². The molecule has 0 bridgehead atoms. The number of fused-ring (bicyclic) bond motifs is 1. The fourth-order valence-corrected chi connectivity index (χ4v) is 4.25. The Morgan fingerprint density at radius 2 is 1.85 bits per heavy atom. The Morgan fingerprint density at radius 1 is 1.12 bits per heavy atom. The number of hydrogen-bond acceptors (Lipinski definition) is 4. The van der Waals surface area contributed by atoms with E-state index in [1.165, 1.54) is 17.7 Å². The number of rotatable bonds is 8. The molecule has 1 aliphatic rings. The molecule has 0 radical (unpaired) electrons. The predicted molar refractivity (Wildman–Crippen MR) is 130 cm³/mol. The molecule has 1 aliphatic heterocycles. The number of carbonyl (C=O) groups is 1. The molecule has 33 heavy (non-hydrogen) atoms. The first kappa shape index (κ1) is 23.0. The minimum absolute atomic E-state index is 0.122. The van der Waals surface area contributed by atoms with Crippen molar-refractivity contribution >= 4 is 17.4 Å². The van der Waals surface area contributed by atoms with Gasteiger partial charge in [0.25, 0.3) is 0 Å². The van der Waals surface area contributed by atoms with E-state index >= 15 is 0 Å². The zero-order valence-electron chi connectivity index (χ0n) is 19.6. The summed E-state index contributed by atoms with van der Waals surface area (Å²) in [5, 5.41) is 6.69. The van der Waals surface area contributed by atoms with Crippen LogP contribution in [0.25, 0.3) is 11.3 Å². The molecule has 2 aromatic carbocycles. The Hall–Kier alpha value is -3.19. The summed E-state index contributed by atoms with van der Waals surface area (Å²) in [6.45, 7) is 5.91. The molecule has 4 rings (SSSR count). The van der Waals surface area contributed by atoms with Gasteiger partial charge in [0.05, 0.1) is 12.6 Å². The number of hydrogen-bond donors (Lipinski definition) is 2. The molecule has 0 aliphatic carbocycles. The molecule has 0 spiro atoms. The van der Waals surface area contributed by atoms with Gasteiger partial charge in [-0.2, -0.15) is 0 Å². The smallest absolute Gasteiger partial charge is 0.240 e. The van der Waals surface area contributed by atoms with Crippen LogP contribution in [0.4, 0.5) is 15.9 Å². The maximum absolute atomic E-state index is 13.6. The molecule has 7 heteroatoms. The lowest BCUT2D eigenvalue weighted by atomic mass is 10.1. The maximum atomic E-state index is 13.6. The van der Waals surface area contributed by atoms with Crippen LogP contribution >= 0.6 is 0 Å². The summed E-state index contributed by atoms with van der Waals surface area (Å²) in [5.41, 5.74) is 3.74. The quantitative estimate of drug-likeness (QED) is 0.516. The van der Waals surface area contributed by atoms with Crippen molar-refractivity contribution < 1.29 is 9.18 Å². The highest BCUT2D eigenvalue weighted by Gasteiger charge is 2.29. The Balaban J connectivity index is 1.66. The number of likely N-dealkylation sites (N-methyl/N-ethyl adjacent to an activating group) is 1. The first-order valence-electron chi connectivity index (χ1n) is 11.6. The van der Waals surface area contributed by atoms with Crippen molar-refractivity contribution in [2.75, 3.05) is 18.9 Å². The number of carbonyl (C=O) groups excluding carboxylic acids is 1. The number of halogens is 1. The van der Waals surface area contributed by atoms with Gasteiger partial charge in [0.2, 0.25) is 5.91 Å². The van der Waals surface area contributed by atoms with Crippen molar-refractivity contribution in [2.45, 2.75) is 52.2 Å². The number of aromatic nitrogens is 2. The Labute approximate surface area is 194 Å². The molecule has 0 saturated heterocycles. The minimum atomic E-state index is -0.280. The van der Waals surface area contributed by atoms with Gasteiger partial charge in [0.15, 0.2) is 0 Å². The molecule has 0 saturated carbocycles. The Morgan fingerprint density at radius 3 is 2.52 bits per heavy atom. The topological polar surface area (TPSA) is 62.2 Å². The number of anilines is 2. The third-order valence-electron chi connectivity index (χ3n) is 6.21. The van der Waals surface area contributed by atoms with Gasteiger partial charge in [-0.25, -0.2) is 9.37 Å². The number of nitrogens with zero attached hydrogens (tertiary/aromatic N) is 3. The van der Waals surface area contributed by atoms with Crippen LogP contribution in [0.15, 0.2) is 48.5 Å². The summed E-state index contributed by atoms with van der Waals surface area (Å²) in [6.07, 6.45) is 2.90. The van der Waals surface area contributed by atoms with Gasteiger partial charge in [-0.15, -0.1) is 0 Å². The van der Waals surface area contributed by atoms with Crippen molar-refractivity contribution in [1.82, 2.24) is 19.8 Å². The van der Waals surface area contributed by atoms with Crippen LogP contribution in [0, 0.1) is 12.7 Å². The second kappa shape index (κ2) is 10.2. The van der Waals surface area contributed by atoms with Gasteiger partial charge < -0.3 is 20.1 Å². The lowest BCUT2D eigenvalue weighted by Gasteiger charge is -2.31. The molecule has 2 heterocycles. The first-order chi connectivity index (χ1) is 16.0. The molecule has 1 amide bonds. The van der Waals surface area contributed by atoms with Crippen LogP contribution < -0.4 is 10.6 Å². The largest absolute Gasteiger partial charge is 0.340 e. The van der Waals surface area contributed by atoms with Crippen molar-refractivity contribution in [3.63, 3.8) is 0 Å². The summed E-state index contributed by atoms with van der Waals surface area (Å²) in [7, 11) is 1.85. The van der Waals surface area contributed by atoms with E-state index in [0.29, 0.717) is 19.6 Å². The van der Waals surface area contributed by atoms with E-state index in [2.05, 4.69) is 41.2 Å². The summed E-state index contributed by atoms with van der Waals surface area (Å²) >= 11 is 0. The highest BCUT2D eigenvalue weighted by atomic mass is 19.1. The zero-order chi connectivity index (χ0) is 23.4. The van der Waals surface area contributed by atoms with Gasteiger partial charge >= 0.3 is 0 Å². The van der Waals surface area contributed by atoms with Crippen molar-refractivity contribution in [1.29, 1.82) is 0 Å². The molecule has 1 atom stereocenters. The number of unbranched alkanes of at least 4 members (excludes halogenated alkanes) is 1. The van der Waals surface area contributed by atoms with E-state index in [4.69, 9.17) is 4.98 Å². The summed E-state index contributed by atoms with van der Waals surface area (Å²) in [6, 6.07) is 14.4. The average Bonchev–Trinajstić information content (AvgIpc) is 3.18. The standard InChI is InChI=1S/C26H32FN5O/c1-4-5-6-22(28-3)26(33)31-15-16-32-23(17-31)30-24(19-9-11-20(27)12-10-19)25(32)29-21-13-7-18(2)8-14-21/h7-14,22,28-29H,4-6,15-17H2,1-3H3/t22-/m0/s1. The average molecular weight is 450 g/mol. The third kappa shape index (κ3) is 5.09. The fourth-order valence-electron chi connectivity index (χ4n) is 4.25. The van der Waals surface area contributed by atoms with Gasteiger partial charge in [-0.1, -0.05) is 37.5 Å². The normalized spacial score (nSPS) is 14.1. The van der Waals surface area contributed by atoms with E-state index in [-0.39, 0.29) is 17.8 Å². The molecule has 2 N–H and O–H groups in total. The maximum Gasteiger partial charge on any atom is 0.240 e. The van der Waals surface area contributed by atoms with Crippen LogP contribution in [0.2, 0.25) is 0 Å². The van der Waals surface area contributed by atoms with E-state index in [9.17, 15) is 9.18 Å². The first-order valence-corrected chi connectivity index (χ1v) is 11.6. The zero-order valence-corrected chi connectivity index (χ0v) is 19.6. The number of nitrogens with one attached hydrogen (secondary N) is 2. The van der Waals surface area contributed by atoms with Gasteiger partial charge in [0, 0.05) is 24.3 Å². The number of amides is 1. The minimum Gasteiger partial charge on any atom is -0.340 e. The second-order valence-electron chi connectivity index (χ2n) is 8.62. The highest BCUT2D eigenvalue weighted by molar-refractivity contribution is 5.82. The molecule has 0 unspecified atom stereocenters. The van der Waals surface area contributed by atoms with Gasteiger partial charge in [0.1, 0.15) is 23.2 Å². The van der Waals surface area contributed by atoms with Gasteiger partial charge in [-0.05, 0) is 56.8 Å². The number of imidazole rings is 1. The lowest BCUT2D eigenvalue weighted by Crippen LogP contribution is -2.48. The number of aryl methyl sites for hydroxylation is 1. The van der Waals surface area contributed by atoms with E-state index in [1.807, 2.05) is 24.1 Å². The second-order valence-corrected chi connectivity index (χ2v) is 8.62. The van der Waals surface area contributed by atoms with E-state index in [1.54, 1.807) is 12.1 Å². The summed E-state index contributed by atoms with van der Waals surface area (Å²) in [4.78, 5) is 19.9. The Bertz CT molecular complexity index is 1090. The van der Waals surface area contributed by atoms with Crippen molar-refractivity contribution in [3.8, 4) is 11.3 Å². The molecule has 3 aromatic rings. The predicted octanol–water partition coefficient (Wildman–Crippen LogP) is 4.86. The van der Waals surface area contributed by atoms with Gasteiger partial charge in [-0.3, -0.25) is 4.79 Å². The van der Waals surface area contributed by atoms with Crippen LogP contribution in [-0.4, -0.2) is 40.0 Å². The third-order valence-corrected chi connectivity index (χ3v) is 6.21. The molecular formula is C26H32FN5O. The molecule has 6 nitrogen and oxygen atoms in total. The molecule has 174 valence electrons. The highest BCUT2D eigenvalue weighted by Crippen LogP contribution is 2.33. The van der Waals surface area contributed by atoms with Crippen LogP contribution in [0.5, 0.6) is 0 Å². The monoisotopic (exact) mass is 449 g/mol. The lowest BCUT2D eigenvalue weighted by molar-refractivity contribution is -0.135. The SMILES string of the molecule is CCCC[C@H](NC)C(=O)N1CCn2c(nc(-c3ccc(F)cc3)c2Nc2ccc(C)cc2)C1. The van der Waals surface area contributed by atoms with E-state index < -0.39 is 0 Å². The van der Waals surface area contributed by atoms with Crippen molar-refractivity contribution in [3.05, 3.63) is 65.7 Å². The fraction of sp³-hybridized carbons (Fsp3) is 0.385. The summed E-state index contributed by atoms with van der Waals surface area (Å²) < 4.78 is 15.7. The van der Waals surface area contributed by atoms with E-state index in [0.717, 1.165) is 47.8 Å². The molecule has 1 aromatic heterocycles.